The molecule has 0 heterocycles. The van der Waals surface area contributed by atoms with Crippen molar-refractivity contribution in [2.75, 3.05) is 14.1 Å². The maximum atomic E-state index is 11.2. The highest BCUT2D eigenvalue weighted by atomic mass is 35.5. The quantitative estimate of drug-likeness (QED) is 0.608. The van der Waals surface area contributed by atoms with Crippen LogP contribution in [0.3, 0.4) is 0 Å². The highest BCUT2D eigenvalue weighted by Gasteiger charge is 2.67. The molecule has 1 amide bonds. The maximum Gasteiger partial charge on any atom is 0.229 e. The van der Waals surface area contributed by atoms with Crippen LogP contribution in [0.1, 0.15) is 0 Å². The lowest BCUT2D eigenvalue weighted by atomic mass is 10.4. The van der Waals surface area contributed by atoms with Crippen molar-refractivity contribution in [3.63, 3.8) is 0 Å². The van der Waals surface area contributed by atoms with Gasteiger partial charge in [-0.3, -0.25) is 4.79 Å². The molecule has 11 heavy (non-hydrogen) atoms. The van der Waals surface area contributed by atoms with Crippen molar-refractivity contribution < 1.29 is 4.79 Å². The summed E-state index contributed by atoms with van der Waals surface area (Å²) in [5.41, 5.74) is 0. The molecule has 1 aliphatic carbocycles. The molecule has 0 spiro atoms. The third-order valence-electron chi connectivity index (χ3n) is 1.67. The van der Waals surface area contributed by atoms with E-state index in [9.17, 15) is 4.79 Å². The zero-order valence-electron chi connectivity index (χ0n) is 6.14. The molecule has 0 aromatic heterocycles. The molecule has 0 N–H and O–H groups in total. The second-order valence-corrected chi connectivity index (χ2v) is 4.70. The van der Waals surface area contributed by atoms with E-state index >= 15 is 0 Å². The normalized spacial score (nSPS) is 33.2. The monoisotopic (exact) mass is 215 g/mol. The highest BCUT2D eigenvalue weighted by Crippen LogP contribution is 2.57. The van der Waals surface area contributed by atoms with E-state index in [0.717, 1.165) is 0 Å². The molecule has 1 saturated carbocycles. The van der Waals surface area contributed by atoms with Gasteiger partial charge in [0.15, 0.2) is 0 Å². The van der Waals surface area contributed by atoms with E-state index in [1.54, 1.807) is 14.1 Å². The second kappa shape index (κ2) is 2.68. The summed E-state index contributed by atoms with van der Waals surface area (Å²) in [5, 5.41) is -0.444. The van der Waals surface area contributed by atoms with Crippen molar-refractivity contribution in [1.29, 1.82) is 0 Å². The number of carbonyl (C=O) groups is 1. The van der Waals surface area contributed by atoms with Gasteiger partial charge in [-0.15, -0.1) is 11.6 Å². The summed E-state index contributed by atoms with van der Waals surface area (Å²) < 4.78 is -1.05. The van der Waals surface area contributed by atoms with Crippen molar-refractivity contribution in [1.82, 2.24) is 4.90 Å². The molecular formula is C6H8Cl3NO. The van der Waals surface area contributed by atoms with Crippen molar-refractivity contribution >= 4 is 40.7 Å². The van der Waals surface area contributed by atoms with Gasteiger partial charge >= 0.3 is 0 Å². The van der Waals surface area contributed by atoms with Gasteiger partial charge in [0.25, 0.3) is 0 Å². The Labute approximate surface area is 80.4 Å². The van der Waals surface area contributed by atoms with Crippen LogP contribution in [-0.2, 0) is 4.79 Å². The molecule has 0 aliphatic heterocycles. The molecule has 0 saturated heterocycles. The molecule has 2 nitrogen and oxygen atoms in total. The van der Waals surface area contributed by atoms with Gasteiger partial charge in [0.2, 0.25) is 5.91 Å². The Kier molecular flexibility index (Phi) is 2.30. The fourth-order valence-corrected chi connectivity index (χ4v) is 1.92. The molecule has 5 heteroatoms. The smallest absolute Gasteiger partial charge is 0.229 e. The lowest BCUT2D eigenvalue weighted by molar-refractivity contribution is -0.129. The van der Waals surface area contributed by atoms with E-state index in [1.165, 1.54) is 4.90 Å². The predicted octanol–water partition coefficient (Wildman–Crippen LogP) is 1.49. The van der Waals surface area contributed by atoms with Gasteiger partial charge in [-0.05, 0) is 0 Å². The van der Waals surface area contributed by atoms with E-state index in [0.29, 0.717) is 0 Å². The highest BCUT2D eigenvalue weighted by molar-refractivity contribution is 6.58. The van der Waals surface area contributed by atoms with Crippen LogP contribution in [0.5, 0.6) is 0 Å². The van der Waals surface area contributed by atoms with Gasteiger partial charge in [-0.1, -0.05) is 23.2 Å². The summed E-state index contributed by atoms with van der Waals surface area (Å²) in [6.45, 7) is 0. The average Bonchev–Trinajstić information content (AvgIpc) is 2.32. The molecule has 64 valence electrons. The number of nitrogens with zero attached hydrogens (tertiary/aromatic N) is 1. The van der Waals surface area contributed by atoms with Crippen molar-refractivity contribution in [3.8, 4) is 0 Å². The third kappa shape index (κ3) is 1.44. The Morgan fingerprint density at radius 1 is 1.45 bits per heavy atom. The molecule has 1 fully saturated rings. The number of alkyl halides is 3. The Balaban J connectivity index is 2.61. The molecule has 2 unspecified atom stereocenters. The van der Waals surface area contributed by atoms with Crippen LogP contribution in [0, 0.1) is 5.92 Å². The van der Waals surface area contributed by atoms with Gasteiger partial charge in [0.05, 0.1) is 11.3 Å². The van der Waals surface area contributed by atoms with Crippen LogP contribution in [-0.4, -0.2) is 34.6 Å². The van der Waals surface area contributed by atoms with Crippen LogP contribution in [0.15, 0.2) is 0 Å². The van der Waals surface area contributed by atoms with E-state index in [-0.39, 0.29) is 5.91 Å². The van der Waals surface area contributed by atoms with Crippen LogP contribution in [0.25, 0.3) is 0 Å². The molecular weight excluding hydrogens is 208 g/mol. The first kappa shape index (κ1) is 9.43. The minimum Gasteiger partial charge on any atom is -0.348 e. The van der Waals surface area contributed by atoms with Gasteiger partial charge in [0, 0.05) is 14.1 Å². The van der Waals surface area contributed by atoms with Gasteiger partial charge in [-0.25, -0.2) is 0 Å². The molecule has 0 radical (unpaired) electrons. The first-order valence-corrected chi connectivity index (χ1v) is 4.31. The predicted molar refractivity (Wildman–Crippen MR) is 46.3 cm³/mol. The third-order valence-corrected chi connectivity index (χ3v) is 3.43. The SMILES string of the molecule is CN(C)C(=O)C1C(Cl)C1(Cl)Cl. The minimum atomic E-state index is -1.05. The molecule has 2 atom stereocenters. The number of rotatable bonds is 1. The fraction of sp³-hybridized carbons (Fsp3) is 0.833. The largest absolute Gasteiger partial charge is 0.348 e. The summed E-state index contributed by atoms with van der Waals surface area (Å²) in [6.07, 6.45) is 0. The molecule has 0 bridgehead atoms. The number of halogens is 3. The number of hydrogen-bond donors (Lipinski definition) is 0. The van der Waals surface area contributed by atoms with Crippen LogP contribution >= 0.6 is 34.8 Å². The van der Waals surface area contributed by atoms with Gasteiger partial charge in [-0.2, -0.15) is 0 Å². The molecule has 0 aromatic carbocycles. The second-order valence-electron chi connectivity index (χ2n) is 2.79. The van der Waals surface area contributed by atoms with Crippen LogP contribution < -0.4 is 0 Å². The van der Waals surface area contributed by atoms with E-state index in [1.807, 2.05) is 0 Å². The standard InChI is InChI=1S/C6H8Cl3NO/c1-10(2)5(11)3-4(7)6(3,8)9/h3-4H,1-2H3. The Morgan fingerprint density at radius 3 is 1.91 bits per heavy atom. The number of carbonyl (C=O) groups excluding carboxylic acids is 1. The number of hydrogen-bond acceptors (Lipinski definition) is 1. The number of amides is 1. The Morgan fingerprint density at radius 2 is 1.82 bits per heavy atom. The van der Waals surface area contributed by atoms with Crippen molar-refractivity contribution in [2.45, 2.75) is 9.71 Å². The fourth-order valence-electron chi connectivity index (χ4n) is 0.858. The first-order valence-electron chi connectivity index (χ1n) is 3.12. The average molecular weight is 216 g/mol. The zero-order valence-corrected chi connectivity index (χ0v) is 8.41. The van der Waals surface area contributed by atoms with Crippen LogP contribution in [0.4, 0.5) is 0 Å². The first-order chi connectivity index (χ1) is 4.89. The van der Waals surface area contributed by atoms with E-state index in [4.69, 9.17) is 34.8 Å². The van der Waals surface area contributed by atoms with Crippen molar-refractivity contribution in [2.24, 2.45) is 5.92 Å². The van der Waals surface area contributed by atoms with Gasteiger partial charge < -0.3 is 4.90 Å². The summed E-state index contributed by atoms with van der Waals surface area (Å²) in [4.78, 5) is 12.6. The zero-order chi connectivity index (χ0) is 8.81. The van der Waals surface area contributed by atoms with Gasteiger partial charge in [0.1, 0.15) is 4.33 Å². The molecule has 1 rings (SSSR count). The Bertz CT molecular complexity index is 192. The Hall–Kier alpha value is 0.340. The minimum absolute atomic E-state index is 0.116. The summed E-state index contributed by atoms with van der Waals surface area (Å²) in [6, 6.07) is 0. The van der Waals surface area contributed by atoms with E-state index in [2.05, 4.69) is 0 Å². The molecule has 1 aliphatic rings. The molecule has 0 aromatic rings. The summed E-state index contributed by atoms with van der Waals surface area (Å²) in [7, 11) is 3.29. The lowest BCUT2D eigenvalue weighted by Crippen LogP contribution is -2.25. The van der Waals surface area contributed by atoms with Crippen molar-refractivity contribution in [3.05, 3.63) is 0 Å². The van der Waals surface area contributed by atoms with Crippen LogP contribution in [0.2, 0.25) is 0 Å². The van der Waals surface area contributed by atoms with E-state index < -0.39 is 15.6 Å². The summed E-state index contributed by atoms with van der Waals surface area (Å²) in [5.74, 6) is -0.558. The maximum absolute atomic E-state index is 11.2. The lowest BCUT2D eigenvalue weighted by Gasteiger charge is -2.08. The topological polar surface area (TPSA) is 20.3 Å². The summed E-state index contributed by atoms with van der Waals surface area (Å²) >= 11 is 17.0.